The van der Waals surface area contributed by atoms with Crippen LogP contribution in [0.25, 0.3) is 10.9 Å². The third-order valence-corrected chi connectivity index (χ3v) is 3.13. The Bertz CT molecular complexity index is 817. The van der Waals surface area contributed by atoms with Crippen LogP contribution in [0, 0.1) is 5.82 Å². The van der Waals surface area contributed by atoms with Gasteiger partial charge < -0.3 is 5.32 Å². The summed E-state index contributed by atoms with van der Waals surface area (Å²) in [4.78, 5) is 20.4. The van der Waals surface area contributed by atoms with E-state index >= 15 is 0 Å². The quantitative estimate of drug-likeness (QED) is 0.796. The minimum Gasteiger partial charge on any atom is -0.382 e. The van der Waals surface area contributed by atoms with Crippen LogP contribution in [0.15, 0.2) is 53.8 Å². The largest absolute Gasteiger partial charge is 0.382 e. The van der Waals surface area contributed by atoms with Gasteiger partial charge in [-0.2, -0.15) is 0 Å². The fourth-order valence-electron chi connectivity index (χ4n) is 2.08. The van der Waals surface area contributed by atoms with E-state index in [1.165, 1.54) is 29.1 Å². The van der Waals surface area contributed by atoms with Crippen molar-refractivity contribution < 1.29 is 4.39 Å². The van der Waals surface area contributed by atoms with E-state index in [1.54, 1.807) is 12.4 Å². The number of nitrogens with zero attached hydrogens (tertiary/aromatic N) is 3. The van der Waals surface area contributed by atoms with E-state index in [4.69, 9.17) is 0 Å². The standard InChI is InChI=1S/C15H13FN4O/c16-11-3-4-13-14(8-11)19-10-20(15(13)21)7-6-18-12-2-1-5-17-9-12/h1-5,8-10,18H,6-7H2. The molecule has 0 amide bonds. The van der Waals surface area contributed by atoms with Crippen LogP contribution in [0.3, 0.4) is 0 Å². The molecule has 0 aliphatic carbocycles. The molecule has 1 aromatic carbocycles. The van der Waals surface area contributed by atoms with Crippen LogP contribution in [-0.2, 0) is 6.54 Å². The summed E-state index contributed by atoms with van der Waals surface area (Å²) in [6.45, 7) is 1.04. The van der Waals surface area contributed by atoms with Crippen LogP contribution in [0.2, 0.25) is 0 Å². The lowest BCUT2D eigenvalue weighted by Crippen LogP contribution is -2.24. The second-order valence-electron chi connectivity index (χ2n) is 4.57. The van der Waals surface area contributed by atoms with Gasteiger partial charge in [-0.25, -0.2) is 9.37 Å². The minimum absolute atomic E-state index is 0.173. The Kier molecular flexibility index (Phi) is 3.59. The van der Waals surface area contributed by atoms with Crippen molar-refractivity contribution in [3.05, 3.63) is 65.2 Å². The average Bonchev–Trinajstić information content (AvgIpc) is 2.50. The molecule has 6 heteroatoms. The van der Waals surface area contributed by atoms with Crippen molar-refractivity contribution in [1.82, 2.24) is 14.5 Å². The van der Waals surface area contributed by atoms with Crippen molar-refractivity contribution in [2.75, 3.05) is 11.9 Å². The van der Waals surface area contributed by atoms with Gasteiger partial charge in [0.1, 0.15) is 5.82 Å². The van der Waals surface area contributed by atoms with Gasteiger partial charge in [0.25, 0.3) is 5.56 Å². The first-order chi connectivity index (χ1) is 10.2. The van der Waals surface area contributed by atoms with Gasteiger partial charge in [-0.3, -0.25) is 14.3 Å². The average molecular weight is 284 g/mol. The van der Waals surface area contributed by atoms with Gasteiger partial charge >= 0.3 is 0 Å². The molecule has 21 heavy (non-hydrogen) atoms. The summed E-state index contributed by atoms with van der Waals surface area (Å²) in [6.07, 6.45) is 4.85. The van der Waals surface area contributed by atoms with Crippen molar-refractivity contribution >= 4 is 16.6 Å². The SMILES string of the molecule is O=c1c2ccc(F)cc2ncn1CCNc1cccnc1. The summed E-state index contributed by atoms with van der Waals surface area (Å²) in [5, 5.41) is 3.58. The van der Waals surface area contributed by atoms with E-state index in [0.717, 1.165) is 5.69 Å². The first-order valence-corrected chi connectivity index (χ1v) is 6.52. The molecule has 0 aliphatic rings. The van der Waals surface area contributed by atoms with Crippen molar-refractivity contribution in [2.45, 2.75) is 6.54 Å². The zero-order valence-electron chi connectivity index (χ0n) is 11.2. The molecule has 0 unspecified atom stereocenters. The number of nitrogens with one attached hydrogen (secondary N) is 1. The van der Waals surface area contributed by atoms with E-state index in [9.17, 15) is 9.18 Å². The van der Waals surface area contributed by atoms with Gasteiger partial charge in [0.05, 0.1) is 22.9 Å². The molecule has 2 aromatic heterocycles. The van der Waals surface area contributed by atoms with E-state index in [2.05, 4.69) is 15.3 Å². The molecule has 3 rings (SSSR count). The predicted molar refractivity (Wildman–Crippen MR) is 78.7 cm³/mol. The highest BCUT2D eigenvalue weighted by Crippen LogP contribution is 2.08. The fourth-order valence-corrected chi connectivity index (χ4v) is 2.08. The Morgan fingerprint density at radius 3 is 3.00 bits per heavy atom. The topological polar surface area (TPSA) is 59.8 Å². The zero-order valence-corrected chi connectivity index (χ0v) is 11.2. The first kappa shape index (κ1) is 13.2. The van der Waals surface area contributed by atoms with Gasteiger partial charge in [-0.1, -0.05) is 0 Å². The maximum absolute atomic E-state index is 13.1. The summed E-state index contributed by atoms with van der Waals surface area (Å²) in [6, 6.07) is 7.72. The first-order valence-electron chi connectivity index (χ1n) is 6.52. The zero-order chi connectivity index (χ0) is 14.7. The van der Waals surface area contributed by atoms with Gasteiger partial charge in [0.15, 0.2) is 0 Å². The predicted octanol–water partition coefficient (Wildman–Crippen LogP) is 2.04. The Morgan fingerprint density at radius 1 is 1.29 bits per heavy atom. The number of halogens is 1. The molecule has 0 aliphatic heterocycles. The monoisotopic (exact) mass is 284 g/mol. The molecule has 3 aromatic rings. The summed E-state index contributed by atoms with van der Waals surface area (Å²) in [5.74, 6) is -0.398. The Balaban J connectivity index is 1.77. The molecule has 0 saturated heterocycles. The van der Waals surface area contributed by atoms with Crippen molar-refractivity contribution in [3.8, 4) is 0 Å². The smallest absolute Gasteiger partial charge is 0.261 e. The lowest BCUT2D eigenvalue weighted by molar-refractivity contribution is 0.628. The number of hydrogen-bond acceptors (Lipinski definition) is 4. The fraction of sp³-hybridized carbons (Fsp3) is 0.133. The summed E-state index contributed by atoms with van der Waals surface area (Å²) in [7, 11) is 0. The lowest BCUT2D eigenvalue weighted by atomic mass is 10.2. The number of hydrogen-bond donors (Lipinski definition) is 1. The highest BCUT2D eigenvalue weighted by atomic mass is 19.1. The number of pyridine rings is 1. The Hall–Kier alpha value is -2.76. The van der Waals surface area contributed by atoms with Gasteiger partial charge in [0, 0.05) is 31.5 Å². The number of benzene rings is 1. The highest BCUT2D eigenvalue weighted by Gasteiger charge is 2.04. The minimum atomic E-state index is -0.398. The van der Waals surface area contributed by atoms with Crippen LogP contribution in [0.4, 0.5) is 10.1 Å². The van der Waals surface area contributed by atoms with Crippen LogP contribution in [0.1, 0.15) is 0 Å². The summed E-state index contributed by atoms with van der Waals surface area (Å²) >= 11 is 0. The van der Waals surface area contributed by atoms with Gasteiger partial charge in [0.2, 0.25) is 0 Å². The van der Waals surface area contributed by atoms with Gasteiger partial charge in [-0.05, 0) is 24.3 Å². The maximum Gasteiger partial charge on any atom is 0.261 e. The van der Waals surface area contributed by atoms with Crippen molar-refractivity contribution in [3.63, 3.8) is 0 Å². The van der Waals surface area contributed by atoms with E-state index in [1.807, 2.05) is 12.1 Å². The number of rotatable bonds is 4. The summed E-state index contributed by atoms with van der Waals surface area (Å²) < 4.78 is 14.6. The molecule has 0 bridgehead atoms. The third kappa shape index (κ3) is 2.89. The lowest BCUT2D eigenvalue weighted by Gasteiger charge is -2.08. The normalized spacial score (nSPS) is 10.7. The third-order valence-electron chi connectivity index (χ3n) is 3.13. The second kappa shape index (κ2) is 5.70. The Labute approximate surface area is 120 Å². The number of fused-ring (bicyclic) bond motifs is 1. The van der Waals surface area contributed by atoms with Crippen molar-refractivity contribution in [2.24, 2.45) is 0 Å². The van der Waals surface area contributed by atoms with Crippen LogP contribution in [-0.4, -0.2) is 21.1 Å². The van der Waals surface area contributed by atoms with Crippen LogP contribution < -0.4 is 10.9 Å². The number of anilines is 1. The molecule has 0 radical (unpaired) electrons. The Morgan fingerprint density at radius 2 is 2.19 bits per heavy atom. The molecular weight excluding hydrogens is 271 g/mol. The molecule has 2 heterocycles. The van der Waals surface area contributed by atoms with Gasteiger partial charge in [-0.15, -0.1) is 0 Å². The van der Waals surface area contributed by atoms with Crippen LogP contribution in [0.5, 0.6) is 0 Å². The van der Waals surface area contributed by atoms with E-state index in [-0.39, 0.29) is 5.56 Å². The van der Waals surface area contributed by atoms with E-state index in [0.29, 0.717) is 24.0 Å². The molecule has 0 atom stereocenters. The molecule has 106 valence electrons. The second-order valence-corrected chi connectivity index (χ2v) is 4.57. The van der Waals surface area contributed by atoms with E-state index < -0.39 is 5.82 Å². The summed E-state index contributed by atoms with van der Waals surface area (Å²) in [5.41, 5.74) is 1.09. The molecular formula is C15H13FN4O. The maximum atomic E-state index is 13.1. The van der Waals surface area contributed by atoms with Crippen molar-refractivity contribution in [1.29, 1.82) is 0 Å². The number of aromatic nitrogens is 3. The molecule has 0 spiro atoms. The molecule has 0 fully saturated rings. The molecule has 1 N–H and O–H groups in total. The van der Waals surface area contributed by atoms with Crippen LogP contribution >= 0.6 is 0 Å². The highest BCUT2D eigenvalue weighted by molar-refractivity contribution is 5.77. The molecule has 0 saturated carbocycles. The molecule has 5 nitrogen and oxygen atoms in total.